The maximum Gasteiger partial charge on any atom is 0.337 e. The van der Waals surface area contributed by atoms with E-state index in [9.17, 15) is 4.79 Å². The summed E-state index contributed by atoms with van der Waals surface area (Å²) in [7, 11) is 0. The Balaban J connectivity index is 1.98. The van der Waals surface area contributed by atoms with Crippen LogP contribution >= 0.6 is 0 Å². The summed E-state index contributed by atoms with van der Waals surface area (Å²) in [6, 6.07) is 15.3. The lowest BCUT2D eigenvalue weighted by Gasteiger charge is -2.09. The fourth-order valence-electron chi connectivity index (χ4n) is 2.03. The Kier molecular flexibility index (Phi) is 4.18. The van der Waals surface area contributed by atoms with Gasteiger partial charge in [-0.15, -0.1) is 0 Å². The lowest BCUT2D eigenvalue weighted by molar-refractivity contribution is 0.0698. The number of hydrogen-bond donors (Lipinski definition) is 2. The minimum Gasteiger partial charge on any atom is -0.478 e. The Bertz CT molecular complexity index is 578. The van der Waals surface area contributed by atoms with Crippen LogP contribution in [0.1, 0.15) is 21.5 Å². The molecule has 0 aliphatic heterocycles. The third-order valence-corrected chi connectivity index (χ3v) is 2.97. The molecule has 0 atom stereocenters. The largest absolute Gasteiger partial charge is 0.478 e. The quantitative estimate of drug-likeness (QED) is 0.861. The highest BCUT2D eigenvalue weighted by Crippen LogP contribution is 2.15. The van der Waals surface area contributed by atoms with Crippen molar-refractivity contribution in [2.24, 2.45) is 0 Å². The third kappa shape index (κ3) is 3.58. The Morgan fingerprint density at radius 3 is 2.68 bits per heavy atom. The molecular weight excluding hydrogens is 238 g/mol. The Morgan fingerprint density at radius 2 is 1.95 bits per heavy atom. The third-order valence-electron chi connectivity index (χ3n) is 2.97. The molecule has 2 rings (SSSR count). The maximum atomic E-state index is 11.1. The minimum atomic E-state index is -0.904. The predicted octanol–water partition coefficient (Wildman–Crippen LogP) is 3.35. The number of hydrogen-bond acceptors (Lipinski definition) is 2. The van der Waals surface area contributed by atoms with Gasteiger partial charge in [0.05, 0.1) is 5.56 Å². The van der Waals surface area contributed by atoms with E-state index in [4.69, 9.17) is 5.11 Å². The van der Waals surface area contributed by atoms with Crippen LogP contribution in [0.4, 0.5) is 5.69 Å². The molecule has 0 saturated carbocycles. The zero-order chi connectivity index (χ0) is 13.7. The van der Waals surface area contributed by atoms with E-state index < -0.39 is 5.97 Å². The van der Waals surface area contributed by atoms with E-state index in [1.54, 1.807) is 18.2 Å². The molecular formula is C16H17NO2. The molecule has 0 heterocycles. The Morgan fingerprint density at radius 1 is 1.16 bits per heavy atom. The highest BCUT2D eigenvalue weighted by molar-refractivity contribution is 5.94. The fraction of sp³-hybridized carbons (Fsp3) is 0.188. The lowest BCUT2D eigenvalue weighted by atomic mass is 10.1. The highest BCUT2D eigenvalue weighted by Gasteiger charge is 2.07. The number of rotatable bonds is 5. The number of aryl methyl sites for hydroxylation is 1. The normalized spacial score (nSPS) is 10.2. The van der Waals surface area contributed by atoms with Gasteiger partial charge >= 0.3 is 5.97 Å². The van der Waals surface area contributed by atoms with Crippen molar-refractivity contribution >= 4 is 11.7 Å². The van der Waals surface area contributed by atoms with E-state index >= 15 is 0 Å². The van der Waals surface area contributed by atoms with Gasteiger partial charge in [0.2, 0.25) is 0 Å². The molecule has 0 amide bonds. The molecule has 2 aromatic carbocycles. The molecule has 0 fully saturated rings. The van der Waals surface area contributed by atoms with E-state index in [1.165, 1.54) is 11.1 Å². The molecule has 2 aromatic rings. The van der Waals surface area contributed by atoms with Crippen LogP contribution < -0.4 is 5.32 Å². The zero-order valence-electron chi connectivity index (χ0n) is 10.9. The highest BCUT2D eigenvalue weighted by atomic mass is 16.4. The van der Waals surface area contributed by atoms with E-state index in [1.807, 2.05) is 12.1 Å². The minimum absolute atomic E-state index is 0.312. The molecule has 0 unspecified atom stereocenters. The molecule has 3 heteroatoms. The van der Waals surface area contributed by atoms with Gasteiger partial charge in [-0.1, -0.05) is 42.0 Å². The standard InChI is InChI=1S/C16H17NO2/c1-12-5-4-6-13(11-12)9-10-17-15-8-3-2-7-14(15)16(18)19/h2-8,11,17H,9-10H2,1H3,(H,18,19). The summed E-state index contributed by atoms with van der Waals surface area (Å²) >= 11 is 0. The van der Waals surface area contributed by atoms with Crippen molar-refractivity contribution in [2.45, 2.75) is 13.3 Å². The van der Waals surface area contributed by atoms with Gasteiger partial charge in [-0.05, 0) is 31.0 Å². The lowest BCUT2D eigenvalue weighted by Crippen LogP contribution is -2.09. The van der Waals surface area contributed by atoms with Crippen LogP contribution in [0.25, 0.3) is 0 Å². The van der Waals surface area contributed by atoms with Crippen molar-refractivity contribution in [1.29, 1.82) is 0 Å². The van der Waals surface area contributed by atoms with Gasteiger partial charge in [-0.3, -0.25) is 0 Å². The predicted molar refractivity (Wildman–Crippen MR) is 76.8 cm³/mol. The first-order chi connectivity index (χ1) is 9.16. The van der Waals surface area contributed by atoms with Gasteiger partial charge in [-0.25, -0.2) is 4.79 Å². The second kappa shape index (κ2) is 6.05. The van der Waals surface area contributed by atoms with Crippen molar-refractivity contribution in [3.63, 3.8) is 0 Å². The van der Waals surface area contributed by atoms with Crippen LogP contribution in [0.2, 0.25) is 0 Å². The van der Waals surface area contributed by atoms with E-state index in [2.05, 4.69) is 30.4 Å². The van der Waals surface area contributed by atoms with Crippen molar-refractivity contribution in [3.05, 3.63) is 65.2 Å². The number of benzene rings is 2. The van der Waals surface area contributed by atoms with Gasteiger partial charge in [0.15, 0.2) is 0 Å². The smallest absolute Gasteiger partial charge is 0.337 e. The molecule has 0 bridgehead atoms. The molecule has 0 saturated heterocycles. The van der Waals surface area contributed by atoms with Crippen molar-refractivity contribution < 1.29 is 9.90 Å². The van der Waals surface area contributed by atoms with Crippen molar-refractivity contribution in [1.82, 2.24) is 0 Å². The van der Waals surface area contributed by atoms with Crippen LogP contribution in [0.3, 0.4) is 0 Å². The SMILES string of the molecule is Cc1cccc(CCNc2ccccc2C(=O)O)c1. The van der Waals surface area contributed by atoms with Crippen molar-refractivity contribution in [2.75, 3.05) is 11.9 Å². The number of nitrogens with one attached hydrogen (secondary N) is 1. The molecule has 2 N–H and O–H groups in total. The van der Waals surface area contributed by atoms with Gasteiger partial charge < -0.3 is 10.4 Å². The molecule has 3 nitrogen and oxygen atoms in total. The summed E-state index contributed by atoms with van der Waals surface area (Å²) in [6.45, 7) is 2.78. The van der Waals surface area contributed by atoms with Gasteiger partial charge in [-0.2, -0.15) is 0 Å². The second-order valence-electron chi connectivity index (χ2n) is 4.52. The van der Waals surface area contributed by atoms with Crippen LogP contribution in [0.15, 0.2) is 48.5 Å². The number of aromatic carboxylic acids is 1. The van der Waals surface area contributed by atoms with Crippen LogP contribution in [-0.4, -0.2) is 17.6 Å². The summed E-state index contributed by atoms with van der Waals surface area (Å²) in [5.74, 6) is -0.904. The summed E-state index contributed by atoms with van der Waals surface area (Å²) < 4.78 is 0. The van der Waals surface area contributed by atoms with Crippen LogP contribution in [0.5, 0.6) is 0 Å². The van der Waals surface area contributed by atoms with Crippen molar-refractivity contribution in [3.8, 4) is 0 Å². The van der Waals surface area contributed by atoms with E-state index in [0.717, 1.165) is 6.42 Å². The van der Waals surface area contributed by atoms with Crippen LogP contribution in [-0.2, 0) is 6.42 Å². The monoisotopic (exact) mass is 255 g/mol. The summed E-state index contributed by atoms with van der Waals surface area (Å²) in [5.41, 5.74) is 3.47. The molecule has 0 spiro atoms. The summed E-state index contributed by atoms with van der Waals surface area (Å²) in [4.78, 5) is 11.1. The zero-order valence-corrected chi connectivity index (χ0v) is 10.9. The molecule has 0 aromatic heterocycles. The fourth-order valence-corrected chi connectivity index (χ4v) is 2.03. The molecule has 0 radical (unpaired) electrons. The first kappa shape index (κ1) is 13.1. The average molecular weight is 255 g/mol. The number of carboxylic acids is 1. The van der Waals surface area contributed by atoms with Gasteiger partial charge in [0.25, 0.3) is 0 Å². The second-order valence-corrected chi connectivity index (χ2v) is 4.52. The number of para-hydroxylation sites is 1. The van der Waals surface area contributed by atoms with E-state index in [0.29, 0.717) is 17.8 Å². The maximum absolute atomic E-state index is 11.1. The first-order valence-corrected chi connectivity index (χ1v) is 6.28. The Labute approximate surface area is 112 Å². The van der Waals surface area contributed by atoms with Gasteiger partial charge in [0, 0.05) is 12.2 Å². The molecule has 19 heavy (non-hydrogen) atoms. The number of carboxylic acid groups (broad SMARTS) is 1. The van der Waals surface area contributed by atoms with E-state index in [-0.39, 0.29) is 0 Å². The Hall–Kier alpha value is -2.29. The molecule has 0 aliphatic carbocycles. The molecule has 0 aliphatic rings. The summed E-state index contributed by atoms with van der Waals surface area (Å²) in [5, 5.41) is 12.3. The summed E-state index contributed by atoms with van der Waals surface area (Å²) in [6.07, 6.45) is 0.871. The van der Waals surface area contributed by atoms with Gasteiger partial charge in [0.1, 0.15) is 0 Å². The van der Waals surface area contributed by atoms with Crippen LogP contribution in [0, 0.1) is 6.92 Å². The number of carbonyl (C=O) groups is 1. The first-order valence-electron chi connectivity index (χ1n) is 6.28. The topological polar surface area (TPSA) is 49.3 Å². The molecule has 98 valence electrons. The number of anilines is 1. The average Bonchev–Trinajstić information content (AvgIpc) is 2.39.